The highest BCUT2D eigenvalue weighted by Crippen LogP contribution is 2.37. The molecule has 2 saturated heterocycles. The Morgan fingerprint density at radius 1 is 1.22 bits per heavy atom. The van der Waals surface area contributed by atoms with Crippen LogP contribution in [0.3, 0.4) is 0 Å². The molecule has 3 amide bonds. The van der Waals surface area contributed by atoms with Crippen molar-refractivity contribution in [1.82, 2.24) is 35.2 Å². The number of hydrogen-bond donors (Lipinski definition) is 2. The average molecular weight is 508 g/mol. The maximum atomic E-state index is 13.2. The Morgan fingerprint density at radius 2 is 2.08 bits per heavy atom. The van der Waals surface area contributed by atoms with Crippen LogP contribution >= 0.6 is 0 Å². The molecule has 2 aliphatic rings. The number of anilines is 3. The van der Waals surface area contributed by atoms with E-state index in [1.807, 2.05) is 23.1 Å². The van der Waals surface area contributed by atoms with E-state index >= 15 is 0 Å². The molecule has 4 heterocycles. The molecule has 194 valence electrons. The summed E-state index contributed by atoms with van der Waals surface area (Å²) in [4.78, 5) is 33.6. The van der Waals surface area contributed by atoms with Crippen LogP contribution in [-0.4, -0.2) is 88.3 Å². The lowest BCUT2D eigenvalue weighted by atomic mass is 10.1. The molecule has 5 rings (SSSR count). The minimum absolute atomic E-state index is 0.0501. The highest BCUT2D eigenvalue weighted by Gasteiger charge is 2.36. The van der Waals surface area contributed by atoms with Crippen molar-refractivity contribution in [2.24, 2.45) is 7.05 Å². The van der Waals surface area contributed by atoms with Gasteiger partial charge in [0.25, 0.3) is 5.91 Å². The predicted molar refractivity (Wildman–Crippen MR) is 135 cm³/mol. The summed E-state index contributed by atoms with van der Waals surface area (Å²) >= 11 is 0. The van der Waals surface area contributed by atoms with E-state index in [9.17, 15) is 9.59 Å². The minimum atomic E-state index is -0.420. The van der Waals surface area contributed by atoms with Gasteiger partial charge in [0.15, 0.2) is 23.1 Å². The van der Waals surface area contributed by atoms with Crippen LogP contribution in [0.5, 0.6) is 5.75 Å². The van der Waals surface area contributed by atoms with Crippen LogP contribution in [0.25, 0.3) is 11.4 Å². The van der Waals surface area contributed by atoms with Gasteiger partial charge in [-0.3, -0.25) is 14.4 Å². The first-order chi connectivity index (χ1) is 18.0. The molecule has 2 aromatic heterocycles. The lowest BCUT2D eigenvalue weighted by Gasteiger charge is -2.30. The monoisotopic (exact) mass is 507 g/mol. The Balaban J connectivity index is 1.48. The Morgan fingerprint density at radius 3 is 2.78 bits per heavy atom. The third-order valence-corrected chi connectivity index (χ3v) is 6.45. The van der Waals surface area contributed by atoms with Gasteiger partial charge in [-0.05, 0) is 25.0 Å². The normalized spacial score (nSPS) is 17.7. The number of para-hydroxylation sites is 1. The molecular formula is C24H29N9O4. The number of hydrogen-bond acceptors (Lipinski definition) is 9. The Labute approximate surface area is 213 Å². The fraction of sp³-hybridized carbons (Fsp3) is 0.417. The van der Waals surface area contributed by atoms with Gasteiger partial charge >= 0.3 is 6.03 Å². The zero-order chi connectivity index (χ0) is 25.9. The first kappa shape index (κ1) is 24.4. The number of nitrogens with one attached hydrogen (secondary N) is 2. The van der Waals surface area contributed by atoms with Crippen LogP contribution in [0.2, 0.25) is 0 Å². The SMILES string of the molecule is CNC(=O)c1nnc(N2CCN(C3CCCOC3)C2=O)cc1Nc1cccc(-c2ncn(C)n2)c1OC. The second kappa shape index (κ2) is 10.4. The zero-order valence-electron chi connectivity index (χ0n) is 21.0. The Bertz CT molecular complexity index is 1310. The van der Waals surface area contributed by atoms with Crippen molar-refractivity contribution < 1.29 is 19.1 Å². The van der Waals surface area contributed by atoms with Gasteiger partial charge in [-0.2, -0.15) is 5.10 Å². The van der Waals surface area contributed by atoms with Crippen LogP contribution in [-0.2, 0) is 11.8 Å². The average Bonchev–Trinajstić information content (AvgIpc) is 3.54. The smallest absolute Gasteiger partial charge is 0.326 e. The van der Waals surface area contributed by atoms with Gasteiger partial charge in [-0.15, -0.1) is 10.2 Å². The molecule has 1 unspecified atom stereocenters. The number of carbonyl (C=O) groups is 2. The Kier molecular flexibility index (Phi) is 6.86. The molecule has 3 aromatic rings. The van der Waals surface area contributed by atoms with Gasteiger partial charge < -0.3 is 25.0 Å². The van der Waals surface area contributed by atoms with Crippen molar-refractivity contribution in [3.63, 3.8) is 0 Å². The maximum Gasteiger partial charge on any atom is 0.326 e. The number of benzene rings is 1. The van der Waals surface area contributed by atoms with Gasteiger partial charge in [0.2, 0.25) is 0 Å². The molecule has 1 atom stereocenters. The summed E-state index contributed by atoms with van der Waals surface area (Å²) in [7, 11) is 4.85. The van der Waals surface area contributed by atoms with E-state index in [1.54, 1.807) is 36.1 Å². The molecule has 2 N–H and O–H groups in total. The summed E-state index contributed by atoms with van der Waals surface area (Å²) in [6.07, 6.45) is 3.44. The Hall–Kier alpha value is -4.26. The number of aryl methyl sites for hydroxylation is 1. The molecular weight excluding hydrogens is 478 g/mol. The number of carbonyl (C=O) groups excluding carboxylic acids is 2. The van der Waals surface area contributed by atoms with Gasteiger partial charge in [0, 0.05) is 39.9 Å². The van der Waals surface area contributed by atoms with Crippen molar-refractivity contribution in [3.05, 3.63) is 36.3 Å². The fourth-order valence-corrected chi connectivity index (χ4v) is 4.61. The van der Waals surface area contributed by atoms with Gasteiger partial charge in [0.05, 0.1) is 36.7 Å². The van der Waals surface area contributed by atoms with Crippen molar-refractivity contribution >= 4 is 29.1 Å². The van der Waals surface area contributed by atoms with Crippen LogP contribution in [0.1, 0.15) is 23.3 Å². The van der Waals surface area contributed by atoms with E-state index in [0.717, 1.165) is 19.4 Å². The third kappa shape index (κ3) is 4.77. The molecule has 1 aromatic carbocycles. The summed E-state index contributed by atoms with van der Waals surface area (Å²) in [6.45, 7) is 2.30. The fourth-order valence-electron chi connectivity index (χ4n) is 4.61. The molecule has 0 radical (unpaired) electrons. The molecule has 2 fully saturated rings. The topological polar surface area (TPSA) is 140 Å². The molecule has 0 saturated carbocycles. The van der Waals surface area contributed by atoms with E-state index < -0.39 is 5.91 Å². The standard InChI is InChI=1S/C24H29N9O4/c1-25-23(34)20-18(27-17-8-4-7-16(21(17)36-3)22-26-14-31(2)30-22)12-19(28-29-20)33-10-9-32(24(33)35)15-6-5-11-37-13-15/h4,7-8,12,14-15H,5-6,9-11,13H2,1-3H3,(H,25,34)(H,27,28). The molecule has 13 heteroatoms. The van der Waals surface area contributed by atoms with Gasteiger partial charge in [-0.25, -0.2) is 9.78 Å². The van der Waals surface area contributed by atoms with Crippen LogP contribution in [0.15, 0.2) is 30.6 Å². The van der Waals surface area contributed by atoms with Crippen LogP contribution in [0.4, 0.5) is 22.0 Å². The number of amides is 3. The third-order valence-electron chi connectivity index (χ3n) is 6.45. The lowest BCUT2D eigenvalue weighted by molar-refractivity contribution is 0.0381. The molecule has 13 nitrogen and oxygen atoms in total. The van der Waals surface area contributed by atoms with Crippen molar-refractivity contribution in [2.45, 2.75) is 18.9 Å². The molecule has 0 bridgehead atoms. The zero-order valence-corrected chi connectivity index (χ0v) is 21.0. The van der Waals surface area contributed by atoms with E-state index in [-0.39, 0.29) is 17.8 Å². The summed E-state index contributed by atoms with van der Waals surface area (Å²) < 4.78 is 12.9. The molecule has 0 aliphatic carbocycles. The number of methoxy groups -OCH3 is 1. The van der Waals surface area contributed by atoms with Crippen molar-refractivity contribution in [3.8, 4) is 17.1 Å². The first-order valence-electron chi connectivity index (χ1n) is 12.1. The lowest BCUT2D eigenvalue weighted by Crippen LogP contribution is -2.44. The number of aromatic nitrogens is 5. The van der Waals surface area contributed by atoms with Crippen molar-refractivity contribution in [2.75, 3.05) is 50.7 Å². The van der Waals surface area contributed by atoms with Crippen molar-refractivity contribution in [1.29, 1.82) is 0 Å². The van der Waals surface area contributed by atoms with Gasteiger partial charge in [-0.1, -0.05) is 6.07 Å². The highest BCUT2D eigenvalue weighted by molar-refractivity contribution is 6.00. The number of urea groups is 1. The number of rotatable bonds is 7. The van der Waals surface area contributed by atoms with Crippen LogP contribution in [0, 0.1) is 0 Å². The van der Waals surface area contributed by atoms with E-state index in [1.165, 1.54) is 7.05 Å². The first-order valence-corrected chi connectivity index (χ1v) is 12.1. The molecule has 37 heavy (non-hydrogen) atoms. The van der Waals surface area contributed by atoms with E-state index in [4.69, 9.17) is 9.47 Å². The summed E-state index contributed by atoms with van der Waals surface area (Å²) in [6, 6.07) is 7.05. The maximum absolute atomic E-state index is 13.2. The predicted octanol–water partition coefficient (Wildman–Crippen LogP) is 1.80. The second-order valence-electron chi connectivity index (χ2n) is 8.80. The number of ether oxygens (including phenoxy) is 2. The molecule has 0 spiro atoms. The van der Waals surface area contributed by atoms with Gasteiger partial charge in [0.1, 0.15) is 6.33 Å². The summed E-state index contributed by atoms with van der Waals surface area (Å²) in [5, 5.41) is 18.6. The number of nitrogens with zero attached hydrogens (tertiary/aromatic N) is 7. The van der Waals surface area contributed by atoms with Crippen LogP contribution < -0.4 is 20.3 Å². The molecule has 2 aliphatic heterocycles. The van der Waals surface area contributed by atoms with E-state index in [2.05, 4.69) is 30.9 Å². The summed E-state index contributed by atoms with van der Waals surface area (Å²) in [5.74, 6) is 0.922. The largest absolute Gasteiger partial charge is 0.494 e. The summed E-state index contributed by atoms with van der Waals surface area (Å²) in [5.41, 5.74) is 1.71. The minimum Gasteiger partial charge on any atom is -0.494 e. The highest BCUT2D eigenvalue weighted by atomic mass is 16.5. The second-order valence-corrected chi connectivity index (χ2v) is 8.80. The van der Waals surface area contributed by atoms with E-state index in [0.29, 0.717) is 54.0 Å². The quantitative estimate of drug-likeness (QED) is 0.490.